The van der Waals surface area contributed by atoms with Crippen molar-refractivity contribution in [1.82, 2.24) is 16.0 Å². The Balaban J connectivity index is 1.80. The molecule has 36 heavy (non-hydrogen) atoms. The van der Waals surface area contributed by atoms with Crippen LogP contribution in [-0.4, -0.2) is 74.3 Å². The van der Waals surface area contributed by atoms with Crippen LogP contribution in [0.15, 0.2) is 54.6 Å². The van der Waals surface area contributed by atoms with Gasteiger partial charge in [0.05, 0.1) is 33.0 Å². The number of rotatable bonds is 12. The minimum atomic E-state index is -0.926. The molecule has 0 aromatic heterocycles. The highest BCUT2D eigenvalue weighted by molar-refractivity contribution is 5.94. The molecule has 1 fully saturated rings. The van der Waals surface area contributed by atoms with E-state index in [1.807, 2.05) is 42.5 Å². The highest BCUT2D eigenvalue weighted by Crippen LogP contribution is 2.14. The van der Waals surface area contributed by atoms with Crippen LogP contribution in [0.4, 0.5) is 0 Å². The van der Waals surface area contributed by atoms with E-state index in [9.17, 15) is 19.5 Å². The number of ketones is 1. The minimum Gasteiger partial charge on any atom is -0.497 e. The van der Waals surface area contributed by atoms with Crippen LogP contribution in [0.1, 0.15) is 18.1 Å². The van der Waals surface area contributed by atoms with E-state index in [4.69, 9.17) is 9.47 Å². The smallest absolute Gasteiger partial charge is 0.243 e. The number of Topliss-reactive ketones (excluding diaryl/α,β-unsaturated/α-hetero) is 1. The number of hydrogen-bond donors (Lipinski definition) is 4. The summed E-state index contributed by atoms with van der Waals surface area (Å²) in [5.74, 6) is -1.06. The molecule has 0 bridgehead atoms. The van der Waals surface area contributed by atoms with Crippen molar-refractivity contribution < 1.29 is 29.0 Å². The Morgan fingerprint density at radius 3 is 2.31 bits per heavy atom. The third-order valence-electron chi connectivity index (χ3n) is 6.17. The summed E-state index contributed by atoms with van der Waals surface area (Å²) in [7, 11) is 1.57. The van der Waals surface area contributed by atoms with Gasteiger partial charge >= 0.3 is 0 Å². The van der Waals surface area contributed by atoms with Gasteiger partial charge < -0.3 is 30.5 Å². The number of benzene rings is 2. The molecule has 2 amide bonds. The lowest BCUT2D eigenvalue weighted by Crippen LogP contribution is -2.58. The van der Waals surface area contributed by atoms with E-state index in [2.05, 4.69) is 16.0 Å². The van der Waals surface area contributed by atoms with E-state index >= 15 is 0 Å². The number of methoxy groups -OCH3 is 1. The van der Waals surface area contributed by atoms with Crippen molar-refractivity contribution in [3.63, 3.8) is 0 Å². The topological polar surface area (TPSA) is 126 Å². The van der Waals surface area contributed by atoms with Crippen molar-refractivity contribution in [1.29, 1.82) is 0 Å². The molecule has 1 aliphatic rings. The van der Waals surface area contributed by atoms with E-state index in [0.717, 1.165) is 11.1 Å². The lowest BCUT2D eigenvalue weighted by atomic mass is 9.94. The maximum atomic E-state index is 13.5. The van der Waals surface area contributed by atoms with Crippen molar-refractivity contribution in [2.24, 2.45) is 5.92 Å². The summed E-state index contributed by atoms with van der Waals surface area (Å²) < 4.78 is 10.6. The average Bonchev–Trinajstić information content (AvgIpc) is 2.92. The van der Waals surface area contributed by atoms with Gasteiger partial charge in [-0.15, -0.1) is 0 Å². The van der Waals surface area contributed by atoms with Crippen molar-refractivity contribution in [2.45, 2.75) is 37.9 Å². The Kier molecular flexibility index (Phi) is 10.4. The number of aliphatic hydroxyl groups is 1. The van der Waals surface area contributed by atoms with Gasteiger partial charge in [-0.2, -0.15) is 0 Å². The summed E-state index contributed by atoms with van der Waals surface area (Å²) in [4.78, 5) is 39.4. The zero-order chi connectivity index (χ0) is 25.9. The molecule has 0 saturated carbocycles. The van der Waals surface area contributed by atoms with Gasteiger partial charge in [-0.3, -0.25) is 14.4 Å². The van der Waals surface area contributed by atoms with Crippen LogP contribution in [0, 0.1) is 5.92 Å². The fraction of sp³-hybridized carbons (Fsp3) is 0.444. The minimum absolute atomic E-state index is 0.214. The standard InChI is InChI=1S/C27H35N3O6/c1-18(16-31)25(32)22(14-19-6-4-3-5-7-19)29-26(33)23(15-20-8-10-21(35-2)11-9-20)30-27(34)24-17-36-13-12-28-24/h3-11,18,22-24,28,31H,12-17H2,1-2H3,(H,29,33)(H,30,34). The highest BCUT2D eigenvalue weighted by Gasteiger charge is 2.31. The fourth-order valence-corrected chi connectivity index (χ4v) is 3.99. The number of ether oxygens (including phenoxy) is 2. The molecule has 1 aliphatic heterocycles. The maximum Gasteiger partial charge on any atom is 0.243 e. The van der Waals surface area contributed by atoms with Gasteiger partial charge in [-0.25, -0.2) is 0 Å². The van der Waals surface area contributed by atoms with E-state index in [-0.39, 0.29) is 37.7 Å². The first-order valence-electron chi connectivity index (χ1n) is 12.1. The first kappa shape index (κ1) is 27.3. The van der Waals surface area contributed by atoms with Crippen LogP contribution >= 0.6 is 0 Å². The molecule has 9 heteroatoms. The maximum absolute atomic E-state index is 13.5. The first-order valence-corrected chi connectivity index (χ1v) is 12.1. The quantitative estimate of drug-likeness (QED) is 0.339. The molecule has 194 valence electrons. The molecule has 2 aromatic carbocycles. The summed E-state index contributed by atoms with van der Waals surface area (Å²) in [6.45, 7) is 2.58. The number of nitrogens with one attached hydrogen (secondary N) is 3. The Morgan fingerprint density at radius 1 is 1.03 bits per heavy atom. The predicted octanol–water partition coefficient (Wildman–Crippen LogP) is 0.636. The van der Waals surface area contributed by atoms with Crippen molar-refractivity contribution >= 4 is 17.6 Å². The zero-order valence-electron chi connectivity index (χ0n) is 20.7. The van der Waals surface area contributed by atoms with Crippen molar-refractivity contribution in [3.05, 3.63) is 65.7 Å². The number of morpholine rings is 1. The first-order chi connectivity index (χ1) is 17.4. The molecule has 4 unspecified atom stereocenters. The SMILES string of the molecule is COc1ccc(CC(NC(=O)C2COCCN2)C(=O)NC(Cc2ccccc2)C(=O)C(C)CO)cc1. The van der Waals surface area contributed by atoms with E-state index in [1.165, 1.54) is 0 Å². The summed E-state index contributed by atoms with van der Waals surface area (Å²) >= 11 is 0. The molecular formula is C27H35N3O6. The number of carbonyl (C=O) groups is 3. The van der Waals surface area contributed by atoms with E-state index in [0.29, 0.717) is 18.9 Å². The molecule has 4 N–H and O–H groups in total. The molecule has 0 aliphatic carbocycles. The normalized spacial score (nSPS) is 17.9. The van der Waals surface area contributed by atoms with Crippen LogP contribution < -0.4 is 20.7 Å². The van der Waals surface area contributed by atoms with Gasteiger partial charge in [0.25, 0.3) is 0 Å². The van der Waals surface area contributed by atoms with Gasteiger partial charge in [0.1, 0.15) is 17.8 Å². The van der Waals surface area contributed by atoms with Crippen molar-refractivity contribution in [2.75, 3.05) is 33.5 Å². The number of carbonyl (C=O) groups excluding carboxylic acids is 3. The number of aliphatic hydroxyl groups excluding tert-OH is 1. The molecule has 4 atom stereocenters. The zero-order valence-corrected chi connectivity index (χ0v) is 20.7. The number of amides is 2. The predicted molar refractivity (Wildman–Crippen MR) is 135 cm³/mol. The largest absolute Gasteiger partial charge is 0.497 e. The van der Waals surface area contributed by atoms with Crippen LogP contribution in [-0.2, 0) is 32.0 Å². The Hall–Kier alpha value is -3.27. The second-order valence-corrected chi connectivity index (χ2v) is 8.93. The average molecular weight is 498 g/mol. The third-order valence-corrected chi connectivity index (χ3v) is 6.17. The second-order valence-electron chi connectivity index (χ2n) is 8.93. The summed E-state index contributed by atoms with van der Waals surface area (Å²) in [5, 5.41) is 18.3. The van der Waals surface area contributed by atoms with Gasteiger partial charge in [0.15, 0.2) is 5.78 Å². The molecule has 2 aromatic rings. The van der Waals surface area contributed by atoms with Gasteiger partial charge in [0, 0.05) is 18.9 Å². The van der Waals surface area contributed by atoms with Crippen molar-refractivity contribution in [3.8, 4) is 5.75 Å². The van der Waals surface area contributed by atoms with Crippen LogP contribution in [0.25, 0.3) is 0 Å². The fourth-order valence-electron chi connectivity index (χ4n) is 3.99. The molecular weight excluding hydrogens is 462 g/mol. The van der Waals surface area contributed by atoms with Crippen LogP contribution in [0.5, 0.6) is 5.75 Å². The second kappa shape index (κ2) is 13.7. The Bertz CT molecular complexity index is 992. The highest BCUT2D eigenvalue weighted by atomic mass is 16.5. The third kappa shape index (κ3) is 7.87. The number of hydrogen-bond acceptors (Lipinski definition) is 7. The summed E-state index contributed by atoms with van der Waals surface area (Å²) in [6.07, 6.45) is 0.494. The molecule has 9 nitrogen and oxygen atoms in total. The summed E-state index contributed by atoms with van der Waals surface area (Å²) in [5.41, 5.74) is 1.69. The van der Waals surface area contributed by atoms with Gasteiger partial charge in [0.2, 0.25) is 11.8 Å². The molecule has 0 spiro atoms. The Labute approximate surface area is 211 Å². The van der Waals surface area contributed by atoms with E-state index in [1.54, 1.807) is 26.2 Å². The molecule has 0 radical (unpaired) electrons. The molecule has 1 saturated heterocycles. The lowest BCUT2D eigenvalue weighted by molar-refractivity contribution is -0.134. The monoisotopic (exact) mass is 497 g/mol. The van der Waals surface area contributed by atoms with Gasteiger partial charge in [-0.05, 0) is 29.7 Å². The summed E-state index contributed by atoms with van der Waals surface area (Å²) in [6, 6.07) is 14.2. The van der Waals surface area contributed by atoms with Crippen LogP contribution in [0.2, 0.25) is 0 Å². The lowest BCUT2D eigenvalue weighted by Gasteiger charge is -2.27. The molecule has 3 rings (SSSR count). The van der Waals surface area contributed by atoms with Crippen LogP contribution in [0.3, 0.4) is 0 Å². The van der Waals surface area contributed by atoms with E-state index < -0.39 is 30.0 Å². The van der Waals surface area contributed by atoms with Gasteiger partial charge in [-0.1, -0.05) is 49.4 Å². The Morgan fingerprint density at radius 2 is 1.69 bits per heavy atom. The molecule has 1 heterocycles.